The van der Waals surface area contributed by atoms with Gasteiger partial charge in [0.2, 0.25) is 11.8 Å². The molecule has 0 heterocycles. The molecule has 5 nitrogen and oxygen atoms in total. The van der Waals surface area contributed by atoms with Crippen LogP contribution < -0.4 is 16.4 Å². The van der Waals surface area contributed by atoms with Gasteiger partial charge in [0, 0.05) is 16.6 Å². The van der Waals surface area contributed by atoms with Gasteiger partial charge in [0.05, 0.1) is 6.54 Å². The summed E-state index contributed by atoms with van der Waals surface area (Å²) in [4.78, 5) is 22.8. The monoisotopic (exact) mass is 349 g/mol. The SMILES string of the molecule is Cl.NCCCC(=O)NCC(=O)Nc1ccc(Br)cc1. The zero-order valence-corrected chi connectivity index (χ0v) is 12.7. The van der Waals surface area contributed by atoms with Crippen LogP contribution >= 0.6 is 28.3 Å². The van der Waals surface area contributed by atoms with Crippen molar-refractivity contribution in [1.29, 1.82) is 0 Å². The first-order valence-corrected chi connectivity index (χ1v) is 6.43. The zero-order valence-electron chi connectivity index (χ0n) is 10.3. The Hall–Kier alpha value is -1.11. The molecule has 1 aromatic rings. The Morgan fingerprint density at radius 2 is 1.79 bits per heavy atom. The lowest BCUT2D eigenvalue weighted by Gasteiger charge is -2.06. The molecule has 0 unspecified atom stereocenters. The van der Waals surface area contributed by atoms with E-state index >= 15 is 0 Å². The summed E-state index contributed by atoms with van der Waals surface area (Å²) in [5.74, 6) is -0.412. The number of amides is 2. The van der Waals surface area contributed by atoms with Gasteiger partial charge in [0.1, 0.15) is 0 Å². The van der Waals surface area contributed by atoms with Gasteiger partial charge in [0.15, 0.2) is 0 Å². The van der Waals surface area contributed by atoms with E-state index in [-0.39, 0.29) is 30.8 Å². The molecule has 0 saturated heterocycles. The first-order valence-electron chi connectivity index (χ1n) is 5.64. The van der Waals surface area contributed by atoms with Crippen LogP contribution in [-0.2, 0) is 9.59 Å². The molecule has 106 valence electrons. The van der Waals surface area contributed by atoms with E-state index in [2.05, 4.69) is 26.6 Å². The molecule has 4 N–H and O–H groups in total. The molecule has 2 amide bonds. The number of halogens is 2. The summed E-state index contributed by atoms with van der Waals surface area (Å²) in [6.07, 6.45) is 0.974. The van der Waals surface area contributed by atoms with Gasteiger partial charge >= 0.3 is 0 Å². The quantitative estimate of drug-likeness (QED) is 0.729. The Kier molecular flexibility index (Phi) is 9.20. The van der Waals surface area contributed by atoms with Crippen molar-refractivity contribution < 1.29 is 9.59 Å². The Balaban J connectivity index is 0.00000324. The van der Waals surface area contributed by atoms with Crippen LogP contribution in [0.5, 0.6) is 0 Å². The molecular formula is C12H17BrClN3O2. The maximum Gasteiger partial charge on any atom is 0.243 e. The molecular weight excluding hydrogens is 334 g/mol. The third kappa shape index (κ3) is 7.81. The lowest BCUT2D eigenvalue weighted by Crippen LogP contribution is -2.32. The van der Waals surface area contributed by atoms with Crippen molar-refractivity contribution in [2.45, 2.75) is 12.8 Å². The number of nitrogens with one attached hydrogen (secondary N) is 2. The summed E-state index contributed by atoms with van der Waals surface area (Å²) < 4.78 is 0.940. The van der Waals surface area contributed by atoms with Gasteiger partial charge in [-0.1, -0.05) is 15.9 Å². The van der Waals surface area contributed by atoms with Crippen molar-refractivity contribution in [2.75, 3.05) is 18.4 Å². The molecule has 0 saturated carbocycles. The fraction of sp³-hybridized carbons (Fsp3) is 0.333. The third-order valence-electron chi connectivity index (χ3n) is 2.18. The highest BCUT2D eigenvalue weighted by molar-refractivity contribution is 9.10. The maximum absolute atomic E-state index is 11.5. The largest absolute Gasteiger partial charge is 0.347 e. The molecule has 1 aromatic carbocycles. The number of anilines is 1. The number of hydrogen-bond donors (Lipinski definition) is 3. The van der Waals surface area contributed by atoms with Crippen LogP contribution in [0, 0.1) is 0 Å². The molecule has 0 aliphatic carbocycles. The van der Waals surface area contributed by atoms with E-state index in [0.717, 1.165) is 4.47 Å². The van der Waals surface area contributed by atoms with E-state index < -0.39 is 0 Å². The van der Waals surface area contributed by atoms with E-state index in [4.69, 9.17) is 5.73 Å². The Morgan fingerprint density at radius 3 is 2.37 bits per heavy atom. The Morgan fingerprint density at radius 1 is 1.16 bits per heavy atom. The molecule has 7 heteroatoms. The number of carbonyl (C=O) groups is 2. The minimum Gasteiger partial charge on any atom is -0.347 e. The molecule has 0 radical (unpaired) electrons. The highest BCUT2D eigenvalue weighted by atomic mass is 79.9. The first kappa shape index (κ1) is 17.9. The number of nitrogens with two attached hydrogens (primary N) is 1. The van der Waals surface area contributed by atoms with Crippen LogP contribution in [0.1, 0.15) is 12.8 Å². The van der Waals surface area contributed by atoms with Crippen molar-refractivity contribution >= 4 is 45.8 Å². The molecule has 19 heavy (non-hydrogen) atoms. The van der Waals surface area contributed by atoms with Crippen LogP contribution in [0.2, 0.25) is 0 Å². The lowest BCUT2D eigenvalue weighted by molar-refractivity contribution is -0.124. The van der Waals surface area contributed by atoms with Crippen molar-refractivity contribution in [1.82, 2.24) is 5.32 Å². The number of hydrogen-bond acceptors (Lipinski definition) is 3. The average Bonchev–Trinajstić information content (AvgIpc) is 2.36. The average molecular weight is 351 g/mol. The first-order chi connectivity index (χ1) is 8.61. The van der Waals surface area contributed by atoms with Gasteiger partial charge in [-0.05, 0) is 37.2 Å². The minimum atomic E-state index is -0.251. The summed E-state index contributed by atoms with van der Waals surface area (Å²) in [6.45, 7) is 0.442. The highest BCUT2D eigenvalue weighted by Gasteiger charge is 2.05. The van der Waals surface area contributed by atoms with Crippen LogP contribution in [0.15, 0.2) is 28.7 Å². The molecule has 0 aliphatic heterocycles. The Bertz CT molecular complexity index is 412. The summed E-state index contributed by atoms with van der Waals surface area (Å²) in [6, 6.07) is 7.21. The molecule has 0 spiro atoms. The van der Waals surface area contributed by atoms with Crippen molar-refractivity contribution in [3.8, 4) is 0 Å². The standard InChI is InChI=1S/C12H16BrN3O2.ClH/c13-9-3-5-10(6-4-9)16-12(18)8-15-11(17)2-1-7-14;/h3-6H,1-2,7-8,14H2,(H,15,17)(H,16,18);1H. The molecule has 0 atom stereocenters. The van der Waals surface area contributed by atoms with Gasteiger partial charge < -0.3 is 16.4 Å². The van der Waals surface area contributed by atoms with Crippen LogP contribution in [-0.4, -0.2) is 24.9 Å². The topological polar surface area (TPSA) is 84.2 Å². The minimum absolute atomic E-state index is 0. The van der Waals surface area contributed by atoms with Gasteiger partial charge in [0.25, 0.3) is 0 Å². The predicted molar refractivity (Wildman–Crippen MR) is 81.3 cm³/mol. The van der Waals surface area contributed by atoms with Crippen LogP contribution in [0.25, 0.3) is 0 Å². The van der Waals surface area contributed by atoms with Gasteiger partial charge in [-0.3, -0.25) is 9.59 Å². The van der Waals surface area contributed by atoms with Crippen molar-refractivity contribution in [3.05, 3.63) is 28.7 Å². The van der Waals surface area contributed by atoms with Gasteiger partial charge in [-0.15, -0.1) is 12.4 Å². The summed E-state index contributed by atoms with van der Waals surface area (Å²) in [5, 5.41) is 5.21. The second-order valence-corrected chi connectivity index (χ2v) is 4.64. The normalized spacial score (nSPS) is 9.37. The second-order valence-electron chi connectivity index (χ2n) is 3.72. The molecule has 0 bridgehead atoms. The van der Waals surface area contributed by atoms with E-state index in [9.17, 15) is 9.59 Å². The van der Waals surface area contributed by atoms with E-state index in [0.29, 0.717) is 25.1 Å². The van der Waals surface area contributed by atoms with Gasteiger partial charge in [-0.25, -0.2) is 0 Å². The van der Waals surface area contributed by atoms with Crippen LogP contribution in [0.3, 0.4) is 0 Å². The predicted octanol–water partition coefficient (Wildman–Crippen LogP) is 1.66. The highest BCUT2D eigenvalue weighted by Crippen LogP contribution is 2.13. The third-order valence-corrected chi connectivity index (χ3v) is 2.71. The molecule has 0 aliphatic rings. The molecule has 0 fully saturated rings. The smallest absolute Gasteiger partial charge is 0.243 e. The van der Waals surface area contributed by atoms with Crippen molar-refractivity contribution in [2.24, 2.45) is 5.73 Å². The van der Waals surface area contributed by atoms with Crippen LogP contribution in [0.4, 0.5) is 5.69 Å². The number of carbonyl (C=O) groups excluding carboxylic acids is 2. The number of rotatable bonds is 6. The summed E-state index contributed by atoms with van der Waals surface area (Å²) in [7, 11) is 0. The summed E-state index contributed by atoms with van der Waals surface area (Å²) >= 11 is 3.31. The molecule has 1 rings (SSSR count). The second kappa shape index (κ2) is 9.77. The van der Waals surface area contributed by atoms with Gasteiger partial charge in [-0.2, -0.15) is 0 Å². The summed E-state index contributed by atoms with van der Waals surface area (Å²) in [5.41, 5.74) is 5.98. The van der Waals surface area contributed by atoms with Crippen molar-refractivity contribution in [3.63, 3.8) is 0 Å². The van der Waals surface area contributed by atoms with E-state index in [1.165, 1.54) is 0 Å². The fourth-order valence-corrected chi connectivity index (χ4v) is 1.53. The van der Waals surface area contributed by atoms with E-state index in [1.54, 1.807) is 12.1 Å². The Labute approximate surface area is 126 Å². The molecule has 0 aromatic heterocycles. The van der Waals surface area contributed by atoms with E-state index in [1.807, 2.05) is 12.1 Å². The zero-order chi connectivity index (χ0) is 13.4. The lowest BCUT2D eigenvalue weighted by atomic mass is 10.3. The maximum atomic E-state index is 11.5. The number of benzene rings is 1. The fourth-order valence-electron chi connectivity index (χ4n) is 1.27.